The highest BCUT2D eigenvalue weighted by molar-refractivity contribution is 7.89. The lowest BCUT2D eigenvalue weighted by molar-refractivity contribution is 0.140. The molecule has 1 saturated heterocycles. The Hall–Kier alpha value is -0.910. The van der Waals surface area contributed by atoms with Crippen LogP contribution in [0.2, 0.25) is 0 Å². The van der Waals surface area contributed by atoms with E-state index in [1.807, 2.05) is 13.8 Å². The molecule has 1 heterocycles. The van der Waals surface area contributed by atoms with Crippen LogP contribution < -0.4 is 0 Å². The highest BCUT2D eigenvalue weighted by Gasteiger charge is 2.37. The number of rotatable bonds is 4. The second kappa shape index (κ2) is 5.61. The average molecular weight is 283 g/mol. The topological polar surface area (TPSA) is 57.6 Å². The smallest absolute Gasteiger partial charge is 0.243 e. The summed E-state index contributed by atoms with van der Waals surface area (Å²) in [7, 11) is -3.47. The van der Waals surface area contributed by atoms with E-state index in [1.54, 1.807) is 24.3 Å². The van der Waals surface area contributed by atoms with Crippen LogP contribution in [0, 0.1) is 12.8 Å². The van der Waals surface area contributed by atoms with Gasteiger partial charge >= 0.3 is 0 Å². The summed E-state index contributed by atoms with van der Waals surface area (Å²) in [6, 6.07) is 6.85. The van der Waals surface area contributed by atoms with Gasteiger partial charge in [-0.05, 0) is 31.4 Å². The van der Waals surface area contributed by atoms with E-state index in [0.29, 0.717) is 11.4 Å². The van der Waals surface area contributed by atoms with Crippen LogP contribution in [0.1, 0.15) is 25.3 Å². The Bertz CT molecular complexity index is 524. The third kappa shape index (κ3) is 2.99. The van der Waals surface area contributed by atoms with Crippen LogP contribution in [-0.2, 0) is 10.0 Å². The lowest BCUT2D eigenvalue weighted by Gasteiger charge is -2.16. The second-order valence-electron chi connectivity index (χ2n) is 5.25. The molecule has 1 aromatic rings. The van der Waals surface area contributed by atoms with Crippen molar-refractivity contribution in [3.8, 4) is 0 Å². The SMILES string of the molecule is CCC[C@H]1CN(S(=O)(=O)c2ccc(C)cc2)C[C@H]1O. The first kappa shape index (κ1) is 14.5. The standard InChI is InChI=1S/C14H21NO3S/c1-3-4-12-9-15(10-14(12)16)19(17,18)13-7-5-11(2)6-8-13/h5-8,12,14,16H,3-4,9-10H2,1-2H3/t12-,14+/m0/s1. The van der Waals surface area contributed by atoms with Crippen molar-refractivity contribution >= 4 is 10.0 Å². The van der Waals surface area contributed by atoms with Gasteiger partial charge in [0, 0.05) is 13.1 Å². The number of hydrogen-bond donors (Lipinski definition) is 1. The van der Waals surface area contributed by atoms with Gasteiger partial charge in [-0.3, -0.25) is 0 Å². The van der Waals surface area contributed by atoms with E-state index in [9.17, 15) is 13.5 Å². The van der Waals surface area contributed by atoms with E-state index in [1.165, 1.54) is 4.31 Å². The first-order valence-electron chi connectivity index (χ1n) is 6.70. The number of aliphatic hydroxyl groups excluding tert-OH is 1. The third-order valence-corrected chi connectivity index (χ3v) is 5.54. The van der Waals surface area contributed by atoms with Crippen LogP contribution in [0.4, 0.5) is 0 Å². The summed E-state index contributed by atoms with van der Waals surface area (Å²) in [6.45, 7) is 4.60. The first-order chi connectivity index (χ1) is 8.95. The molecule has 1 N–H and O–H groups in total. The summed E-state index contributed by atoms with van der Waals surface area (Å²) in [4.78, 5) is 0.308. The van der Waals surface area contributed by atoms with Crippen LogP contribution >= 0.6 is 0 Å². The Morgan fingerprint density at radius 3 is 2.47 bits per heavy atom. The van der Waals surface area contributed by atoms with Crippen molar-refractivity contribution in [1.82, 2.24) is 4.31 Å². The lowest BCUT2D eigenvalue weighted by Crippen LogP contribution is -2.29. The van der Waals surface area contributed by atoms with Crippen molar-refractivity contribution in [2.24, 2.45) is 5.92 Å². The summed E-state index contributed by atoms with van der Waals surface area (Å²) in [5.74, 6) is 0.0604. The highest BCUT2D eigenvalue weighted by atomic mass is 32.2. The summed E-state index contributed by atoms with van der Waals surface area (Å²) < 4.78 is 26.3. The van der Waals surface area contributed by atoms with Gasteiger partial charge in [-0.15, -0.1) is 0 Å². The van der Waals surface area contributed by atoms with Gasteiger partial charge in [0.15, 0.2) is 0 Å². The normalized spacial score (nSPS) is 24.8. The average Bonchev–Trinajstić information content (AvgIpc) is 2.73. The zero-order chi connectivity index (χ0) is 14.0. The molecule has 0 aliphatic carbocycles. The van der Waals surface area contributed by atoms with Gasteiger partial charge in [-0.1, -0.05) is 31.0 Å². The quantitative estimate of drug-likeness (QED) is 0.916. The Labute approximate surface area is 115 Å². The third-order valence-electron chi connectivity index (χ3n) is 3.69. The van der Waals surface area contributed by atoms with Crippen LogP contribution in [0.3, 0.4) is 0 Å². The minimum atomic E-state index is -3.47. The number of sulfonamides is 1. The molecule has 1 aliphatic heterocycles. The van der Waals surface area contributed by atoms with Crippen LogP contribution in [0.5, 0.6) is 0 Å². The maximum Gasteiger partial charge on any atom is 0.243 e. The molecule has 4 nitrogen and oxygen atoms in total. The van der Waals surface area contributed by atoms with E-state index in [-0.39, 0.29) is 12.5 Å². The summed E-state index contributed by atoms with van der Waals surface area (Å²) in [5.41, 5.74) is 1.03. The van der Waals surface area contributed by atoms with Gasteiger partial charge in [0.25, 0.3) is 0 Å². The molecular weight excluding hydrogens is 262 g/mol. The molecule has 0 aromatic heterocycles. The molecule has 0 radical (unpaired) electrons. The number of aryl methyl sites for hydroxylation is 1. The van der Waals surface area contributed by atoms with Crippen molar-refractivity contribution in [3.63, 3.8) is 0 Å². The van der Waals surface area contributed by atoms with Crippen LogP contribution in [0.15, 0.2) is 29.2 Å². The minimum absolute atomic E-state index is 0.0604. The fourth-order valence-electron chi connectivity index (χ4n) is 2.53. The summed E-state index contributed by atoms with van der Waals surface area (Å²) in [5, 5.41) is 9.94. The molecule has 0 spiro atoms. The van der Waals surface area contributed by atoms with Gasteiger partial charge < -0.3 is 5.11 Å². The second-order valence-corrected chi connectivity index (χ2v) is 7.19. The zero-order valence-corrected chi connectivity index (χ0v) is 12.2. The largest absolute Gasteiger partial charge is 0.391 e. The van der Waals surface area contributed by atoms with Crippen LogP contribution in [-0.4, -0.2) is 37.0 Å². The molecule has 1 aliphatic rings. The first-order valence-corrected chi connectivity index (χ1v) is 8.14. The van der Waals surface area contributed by atoms with E-state index < -0.39 is 16.1 Å². The van der Waals surface area contributed by atoms with E-state index in [2.05, 4.69) is 0 Å². The van der Waals surface area contributed by atoms with Crippen LogP contribution in [0.25, 0.3) is 0 Å². The number of aliphatic hydroxyl groups is 1. The fourth-order valence-corrected chi connectivity index (χ4v) is 4.04. The number of hydrogen-bond acceptors (Lipinski definition) is 3. The van der Waals surface area contributed by atoms with Gasteiger partial charge in [0.05, 0.1) is 11.0 Å². The zero-order valence-electron chi connectivity index (χ0n) is 11.4. The molecule has 0 bridgehead atoms. The molecule has 1 fully saturated rings. The molecule has 106 valence electrons. The maximum atomic E-state index is 12.5. The fraction of sp³-hybridized carbons (Fsp3) is 0.571. The molecule has 2 atom stereocenters. The molecular formula is C14H21NO3S. The van der Waals surface area contributed by atoms with Crippen molar-refractivity contribution in [3.05, 3.63) is 29.8 Å². The molecule has 1 aromatic carbocycles. The van der Waals surface area contributed by atoms with Gasteiger partial charge in [0.1, 0.15) is 0 Å². The molecule has 2 rings (SSSR count). The van der Waals surface area contributed by atoms with Gasteiger partial charge in [0.2, 0.25) is 10.0 Å². The monoisotopic (exact) mass is 283 g/mol. The molecule has 0 unspecified atom stereocenters. The molecule has 0 amide bonds. The van der Waals surface area contributed by atoms with Crippen molar-refractivity contribution < 1.29 is 13.5 Å². The van der Waals surface area contributed by atoms with E-state index >= 15 is 0 Å². The summed E-state index contributed by atoms with van der Waals surface area (Å²) >= 11 is 0. The minimum Gasteiger partial charge on any atom is -0.391 e. The van der Waals surface area contributed by atoms with E-state index in [4.69, 9.17) is 0 Å². The molecule has 0 saturated carbocycles. The Morgan fingerprint density at radius 1 is 1.26 bits per heavy atom. The molecule has 19 heavy (non-hydrogen) atoms. The number of nitrogens with zero attached hydrogens (tertiary/aromatic N) is 1. The van der Waals surface area contributed by atoms with Gasteiger partial charge in [-0.25, -0.2) is 8.42 Å². The van der Waals surface area contributed by atoms with Crippen molar-refractivity contribution in [2.75, 3.05) is 13.1 Å². The number of benzene rings is 1. The molecule has 5 heteroatoms. The predicted molar refractivity (Wildman–Crippen MR) is 74.3 cm³/mol. The van der Waals surface area contributed by atoms with Crippen molar-refractivity contribution in [2.45, 2.75) is 37.7 Å². The highest BCUT2D eigenvalue weighted by Crippen LogP contribution is 2.27. The Balaban J connectivity index is 2.19. The number of β-amino-alcohol motifs (C(OH)–C–C–N with tert-alkyl or cyclic N) is 1. The maximum absolute atomic E-state index is 12.5. The Kier molecular flexibility index (Phi) is 4.28. The summed E-state index contributed by atoms with van der Waals surface area (Å²) in [6.07, 6.45) is 1.28. The van der Waals surface area contributed by atoms with E-state index in [0.717, 1.165) is 18.4 Å². The Morgan fingerprint density at radius 2 is 1.89 bits per heavy atom. The predicted octanol–water partition coefficient (Wildman–Crippen LogP) is 1.78. The lowest BCUT2D eigenvalue weighted by atomic mass is 10.0. The van der Waals surface area contributed by atoms with Gasteiger partial charge in [-0.2, -0.15) is 4.31 Å². The van der Waals surface area contributed by atoms with Crippen molar-refractivity contribution in [1.29, 1.82) is 0 Å².